The molecule has 0 fully saturated rings. The van der Waals surface area contributed by atoms with E-state index in [4.69, 9.17) is 11.6 Å². The molecule has 102 valence electrons. The third-order valence-corrected chi connectivity index (χ3v) is 3.55. The smallest absolute Gasteiger partial charge is 0.155 e. The van der Waals surface area contributed by atoms with Crippen molar-refractivity contribution in [2.24, 2.45) is 5.92 Å². The molecule has 0 unspecified atom stereocenters. The van der Waals surface area contributed by atoms with Crippen molar-refractivity contribution in [3.63, 3.8) is 0 Å². The molecule has 0 amide bonds. The molecule has 0 atom stereocenters. The second-order valence-electron chi connectivity index (χ2n) is 4.72. The van der Waals surface area contributed by atoms with E-state index in [-0.39, 0.29) is 6.61 Å². The summed E-state index contributed by atoms with van der Waals surface area (Å²) in [6.45, 7) is 4.09. The van der Waals surface area contributed by atoms with Gasteiger partial charge in [0.25, 0.3) is 0 Å². The Bertz CT molecular complexity index is 566. The second-order valence-corrected chi connectivity index (χ2v) is 5.99. The Labute approximate surface area is 125 Å². The minimum atomic E-state index is -0.114. The first-order valence-electron chi connectivity index (χ1n) is 6.02. The summed E-state index contributed by atoms with van der Waals surface area (Å²) in [5, 5.41) is 14.3. The molecule has 0 aliphatic heterocycles. The molecule has 2 rings (SSSR count). The molecule has 0 aliphatic carbocycles. The highest BCUT2D eigenvalue weighted by Gasteiger charge is 2.18. The maximum absolute atomic E-state index is 9.45. The first-order valence-corrected chi connectivity index (χ1v) is 7.19. The van der Waals surface area contributed by atoms with Gasteiger partial charge >= 0.3 is 0 Å². The summed E-state index contributed by atoms with van der Waals surface area (Å²) >= 11 is 9.61. The van der Waals surface area contributed by atoms with Crippen LogP contribution in [0.25, 0.3) is 5.82 Å². The van der Waals surface area contributed by atoms with Crippen LogP contribution in [0.15, 0.2) is 22.8 Å². The molecule has 0 aromatic carbocycles. The molecule has 2 aromatic heterocycles. The molecule has 1 N–H and O–H groups in total. The Balaban J connectivity index is 2.46. The number of rotatable bonds is 4. The number of aromatic nitrogens is 3. The number of aliphatic hydroxyl groups excluding tert-OH is 1. The van der Waals surface area contributed by atoms with Gasteiger partial charge in [0.1, 0.15) is 5.15 Å². The average molecular weight is 345 g/mol. The molecule has 0 saturated heterocycles. The second kappa shape index (κ2) is 6.03. The standard InChI is InChI=1S/C13H15BrClN3O/c1-8(2)5-11-10(7-19)13(15)18(17-11)12-4-3-9(14)6-16-12/h3-4,6,8,19H,5,7H2,1-2H3. The van der Waals surface area contributed by atoms with Crippen LogP contribution < -0.4 is 0 Å². The highest BCUT2D eigenvalue weighted by molar-refractivity contribution is 9.10. The van der Waals surface area contributed by atoms with Crippen molar-refractivity contribution in [3.05, 3.63) is 39.2 Å². The monoisotopic (exact) mass is 343 g/mol. The van der Waals surface area contributed by atoms with E-state index in [2.05, 4.69) is 39.9 Å². The molecule has 19 heavy (non-hydrogen) atoms. The highest BCUT2D eigenvalue weighted by atomic mass is 79.9. The zero-order chi connectivity index (χ0) is 14.0. The number of halogens is 2. The van der Waals surface area contributed by atoms with Crippen molar-refractivity contribution in [1.29, 1.82) is 0 Å². The van der Waals surface area contributed by atoms with Gasteiger partial charge in [-0.2, -0.15) is 5.10 Å². The normalized spacial score (nSPS) is 11.3. The molecule has 0 radical (unpaired) electrons. The van der Waals surface area contributed by atoms with Crippen LogP contribution in [0.1, 0.15) is 25.1 Å². The Hall–Kier alpha value is -0.910. The van der Waals surface area contributed by atoms with E-state index in [1.54, 1.807) is 10.9 Å². The predicted octanol–water partition coefficient (Wildman–Crippen LogP) is 3.37. The lowest BCUT2D eigenvalue weighted by Gasteiger charge is -2.02. The average Bonchev–Trinajstić information content (AvgIpc) is 2.66. The summed E-state index contributed by atoms with van der Waals surface area (Å²) in [7, 11) is 0. The molecular formula is C13H15BrClN3O. The van der Waals surface area contributed by atoms with Crippen LogP contribution in [0.2, 0.25) is 5.15 Å². The van der Waals surface area contributed by atoms with Crippen LogP contribution >= 0.6 is 27.5 Å². The summed E-state index contributed by atoms with van der Waals surface area (Å²) < 4.78 is 2.46. The van der Waals surface area contributed by atoms with Crippen molar-refractivity contribution in [3.8, 4) is 5.82 Å². The topological polar surface area (TPSA) is 50.9 Å². The fourth-order valence-electron chi connectivity index (χ4n) is 1.82. The van der Waals surface area contributed by atoms with Gasteiger partial charge < -0.3 is 5.11 Å². The third kappa shape index (κ3) is 3.16. The van der Waals surface area contributed by atoms with E-state index in [0.29, 0.717) is 22.5 Å². The zero-order valence-electron chi connectivity index (χ0n) is 10.8. The van der Waals surface area contributed by atoms with Gasteiger partial charge in [0.15, 0.2) is 5.82 Å². The quantitative estimate of drug-likeness (QED) is 0.925. The fraction of sp³-hybridized carbons (Fsp3) is 0.385. The van der Waals surface area contributed by atoms with Gasteiger partial charge in [-0.15, -0.1) is 0 Å². The summed E-state index contributed by atoms with van der Waals surface area (Å²) in [6.07, 6.45) is 2.47. The van der Waals surface area contributed by atoms with Gasteiger partial charge in [-0.1, -0.05) is 25.4 Å². The summed E-state index contributed by atoms with van der Waals surface area (Å²) in [5.74, 6) is 1.08. The summed E-state index contributed by atoms with van der Waals surface area (Å²) in [5.41, 5.74) is 1.51. The van der Waals surface area contributed by atoms with Crippen molar-refractivity contribution >= 4 is 27.5 Å². The third-order valence-electron chi connectivity index (χ3n) is 2.69. The minimum absolute atomic E-state index is 0.114. The van der Waals surface area contributed by atoms with E-state index in [0.717, 1.165) is 16.6 Å². The first kappa shape index (κ1) is 14.5. The molecule has 4 nitrogen and oxygen atoms in total. The van der Waals surface area contributed by atoms with Gasteiger partial charge in [0.05, 0.1) is 12.3 Å². The largest absolute Gasteiger partial charge is 0.391 e. The first-order chi connectivity index (χ1) is 9.02. The van der Waals surface area contributed by atoms with Crippen molar-refractivity contribution in [2.45, 2.75) is 26.9 Å². The Morgan fingerprint density at radius 2 is 2.16 bits per heavy atom. The van der Waals surface area contributed by atoms with Crippen LogP contribution in [0.4, 0.5) is 0 Å². The lowest BCUT2D eigenvalue weighted by atomic mass is 10.1. The van der Waals surface area contributed by atoms with E-state index in [1.807, 2.05) is 12.1 Å². The lowest BCUT2D eigenvalue weighted by Crippen LogP contribution is -2.01. The molecule has 0 saturated carbocycles. The van der Waals surface area contributed by atoms with Crippen molar-refractivity contribution in [1.82, 2.24) is 14.8 Å². The minimum Gasteiger partial charge on any atom is -0.391 e. The predicted molar refractivity (Wildman–Crippen MR) is 78.5 cm³/mol. The van der Waals surface area contributed by atoms with Crippen molar-refractivity contribution in [2.75, 3.05) is 0 Å². The van der Waals surface area contributed by atoms with Crippen LogP contribution in [0.3, 0.4) is 0 Å². The van der Waals surface area contributed by atoms with Gasteiger partial charge in [-0.05, 0) is 40.4 Å². The highest BCUT2D eigenvalue weighted by Crippen LogP contribution is 2.25. The Kier molecular flexibility index (Phi) is 4.60. The van der Waals surface area contributed by atoms with E-state index >= 15 is 0 Å². The van der Waals surface area contributed by atoms with E-state index < -0.39 is 0 Å². The van der Waals surface area contributed by atoms with Gasteiger partial charge in [0.2, 0.25) is 0 Å². The van der Waals surface area contributed by atoms with E-state index in [1.165, 1.54) is 0 Å². The number of hydrogen-bond donors (Lipinski definition) is 1. The maximum atomic E-state index is 9.45. The van der Waals surface area contributed by atoms with Crippen molar-refractivity contribution < 1.29 is 5.11 Å². The summed E-state index contributed by atoms with van der Waals surface area (Å²) in [4.78, 5) is 4.26. The zero-order valence-corrected chi connectivity index (χ0v) is 13.1. The van der Waals surface area contributed by atoms with Crippen LogP contribution in [-0.2, 0) is 13.0 Å². The Morgan fingerprint density at radius 1 is 1.42 bits per heavy atom. The SMILES string of the molecule is CC(C)Cc1nn(-c2ccc(Br)cn2)c(Cl)c1CO. The summed E-state index contributed by atoms with van der Waals surface area (Å²) in [6, 6.07) is 3.70. The van der Waals surface area contributed by atoms with Crippen LogP contribution in [-0.4, -0.2) is 19.9 Å². The van der Waals surface area contributed by atoms with E-state index in [9.17, 15) is 5.11 Å². The molecule has 2 heterocycles. The lowest BCUT2D eigenvalue weighted by molar-refractivity contribution is 0.280. The van der Waals surface area contributed by atoms with Gasteiger partial charge in [-0.3, -0.25) is 0 Å². The van der Waals surface area contributed by atoms with Gasteiger partial charge in [-0.25, -0.2) is 9.67 Å². The molecule has 0 aliphatic rings. The molecule has 6 heteroatoms. The van der Waals surface area contributed by atoms with Gasteiger partial charge in [0, 0.05) is 16.2 Å². The number of aliphatic hydroxyl groups is 1. The number of nitrogens with zero attached hydrogens (tertiary/aromatic N) is 3. The van der Waals surface area contributed by atoms with Crippen LogP contribution in [0.5, 0.6) is 0 Å². The maximum Gasteiger partial charge on any atom is 0.155 e. The van der Waals surface area contributed by atoms with Crippen LogP contribution in [0, 0.1) is 5.92 Å². The molecule has 0 bridgehead atoms. The Morgan fingerprint density at radius 3 is 2.68 bits per heavy atom. The number of hydrogen-bond acceptors (Lipinski definition) is 3. The molecule has 2 aromatic rings. The molecule has 0 spiro atoms. The number of pyridine rings is 1. The molecular weight excluding hydrogens is 330 g/mol. The fourth-order valence-corrected chi connectivity index (χ4v) is 2.35.